The van der Waals surface area contributed by atoms with Gasteiger partial charge in [0.25, 0.3) is 0 Å². The zero-order chi connectivity index (χ0) is 15.7. The van der Waals surface area contributed by atoms with Crippen LogP contribution in [-0.4, -0.2) is 17.3 Å². The minimum Gasteiger partial charge on any atom is -0.459 e. The van der Waals surface area contributed by atoms with Crippen LogP contribution in [0.5, 0.6) is 0 Å². The van der Waals surface area contributed by atoms with Crippen molar-refractivity contribution in [2.45, 2.75) is 38.1 Å². The van der Waals surface area contributed by atoms with Gasteiger partial charge in [-0.1, -0.05) is 15.9 Å². The SMILES string of the molecule is CC(=N)c1c(N)cc(F)cc1C(Br)C(=O)OC(C)(C)C. The lowest BCUT2D eigenvalue weighted by molar-refractivity contribution is -0.154. The highest BCUT2D eigenvalue weighted by molar-refractivity contribution is 9.09. The molecule has 1 aromatic carbocycles. The number of nitrogens with two attached hydrogens (primary N) is 1. The van der Waals surface area contributed by atoms with Gasteiger partial charge in [0, 0.05) is 17.0 Å². The molecule has 6 heteroatoms. The van der Waals surface area contributed by atoms with Gasteiger partial charge in [-0.25, -0.2) is 4.39 Å². The van der Waals surface area contributed by atoms with E-state index in [1.807, 2.05) is 0 Å². The normalized spacial score (nSPS) is 12.9. The summed E-state index contributed by atoms with van der Waals surface area (Å²) in [4.78, 5) is 11.2. The number of hydrogen-bond donors (Lipinski definition) is 2. The van der Waals surface area contributed by atoms with Gasteiger partial charge in [0.1, 0.15) is 16.2 Å². The molecule has 0 spiro atoms. The fourth-order valence-electron chi connectivity index (χ4n) is 1.76. The third-order valence-electron chi connectivity index (χ3n) is 2.43. The largest absolute Gasteiger partial charge is 0.459 e. The van der Waals surface area contributed by atoms with Crippen LogP contribution in [0.1, 0.15) is 43.6 Å². The second-order valence-corrected chi connectivity index (χ2v) is 6.40. The van der Waals surface area contributed by atoms with Crippen molar-refractivity contribution < 1.29 is 13.9 Å². The van der Waals surface area contributed by atoms with Crippen molar-refractivity contribution in [1.82, 2.24) is 0 Å². The molecular weight excluding hydrogens is 327 g/mol. The van der Waals surface area contributed by atoms with Crippen molar-refractivity contribution >= 4 is 33.3 Å². The highest BCUT2D eigenvalue weighted by atomic mass is 79.9. The molecule has 0 fully saturated rings. The van der Waals surface area contributed by atoms with Gasteiger partial charge in [-0.2, -0.15) is 0 Å². The van der Waals surface area contributed by atoms with E-state index in [0.717, 1.165) is 6.07 Å². The highest BCUT2D eigenvalue weighted by Crippen LogP contribution is 2.32. The first-order valence-corrected chi connectivity index (χ1v) is 6.96. The maximum Gasteiger partial charge on any atom is 0.324 e. The van der Waals surface area contributed by atoms with Gasteiger partial charge in [0.15, 0.2) is 0 Å². The molecule has 0 aliphatic carbocycles. The molecule has 4 nitrogen and oxygen atoms in total. The molecule has 0 aliphatic heterocycles. The molecule has 0 aromatic heterocycles. The number of anilines is 1. The molecule has 0 heterocycles. The zero-order valence-corrected chi connectivity index (χ0v) is 13.5. The first-order chi connectivity index (χ1) is 9.03. The third-order valence-corrected chi connectivity index (χ3v) is 3.29. The molecule has 110 valence electrons. The lowest BCUT2D eigenvalue weighted by Crippen LogP contribution is -2.26. The van der Waals surface area contributed by atoms with Gasteiger partial charge in [0.2, 0.25) is 0 Å². The average molecular weight is 345 g/mol. The van der Waals surface area contributed by atoms with E-state index in [0.29, 0.717) is 11.1 Å². The number of hydrogen-bond acceptors (Lipinski definition) is 4. The Morgan fingerprint density at radius 3 is 2.45 bits per heavy atom. The fraction of sp³-hybridized carbons (Fsp3) is 0.429. The molecule has 1 aromatic rings. The molecule has 0 amide bonds. The molecule has 3 N–H and O–H groups in total. The van der Waals surface area contributed by atoms with Crippen molar-refractivity contribution in [2.75, 3.05) is 5.73 Å². The van der Waals surface area contributed by atoms with Gasteiger partial charge in [-0.3, -0.25) is 4.79 Å². The summed E-state index contributed by atoms with van der Waals surface area (Å²) < 4.78 is 18.8. The Morgan fingerprint density at radius 1 is 1.45 bits per heavy atom. The van der Waals surface area contributed by atoms with Crippen molar-refractivity contribution in [2.24, 2.45) is 0 Å². The summed E-state index contributed by atoms with van der Waals surface area (Å²) in [5, 5.41) is 7.73. The van der Waals surface area contributed by atoms with Crippen LogP contribution < -0.4 is 5.73 Å². The van der Waals surface area contributed by atoms with Crippen LogP contribution in [0.3, 0.4) is 0 Å². The minimum atomic E-state index is -0.880. The first kappa shape index (κ1) is 16.6. The number of alkyl halides is 1. The van der Waals surface area contributed by atoms with Gasteiger partial charge in [0.05, 0.1) is 0 Å². The van der Waals surface area contributed by atoms with Gasteiger partial charge < -0.3 is 15.9 Å². The summed E-state index contributed by atoms with van der Waals surface area (Å²) in [5.74, 6) is -1.11. The number of carbonyl (C=O) groups excluding carboxylic acids is 1. The molecule has 0 saturated heterocycles. The molecule has 1 rings (SSSR count). The fourth-order valence-corrected chi connectivity index (χ4v) is 2.22. The summed E-state index contributed by atoms with van der Waals surface area (Å²) in [5.41, 5.74) is 6.01. The maximum absolute atomic E-state index is 13.5. The smallest absolute Gasteiger partial charge is 0.324 e. The Hall–Kier alpha value is -1.43. The van der Waals surface area contributed by atoms with Crippen LogP contribution >= 0.6 is 15.9 Å². The van der Waals surface area contributed by atoms with Crippen molar-refractivity contribution in [3.8, 4) is 0 Å². The van der Waals surface area contributed by atoms with Crippen LogP contribution in [0.15, 0.2) is 12.1 Å². The predicted molar refractivity (Wildman–Crippen MR) is 80.8 cm³/mol. The van der Waals surface area contributed by atoms with Crippen LogP contribution in [0.4, 0.5) is 10.1 Å². The summed E-state index contributed by atoms with van der Waals surface area (Å²) >= 11 is 3.20. The van der Waals surface area contributed by atoms with Crippen molar-refractivity contribution in [1.29, 1.82) is 5.41 Å². The summed E-state index contributed by atoms with van der Waals surface area (Å²) in [6.45, 7) is 6.76. The van der Waals surface area contributed by atoms with E-state index in [1.54, 1.807) is 20.8 Å². The monoisotopic (exact) mass is 344 g/mol. The Bertz CT molecular complexity index is 553. The van der Waals surface area contributed by atoms with Gasteiger partial charge in [-0.05, 0) is 45.4 Å². The summed E-state index contributed by atoms with van der Waals surface area (Å²) in [6, 6.07) is 2.32. The Balaban J connectivity index is 3.25. The van der Waals surface area contributed by atoms with E-state index >= 15 is 0 Å². The average Bonchev–Trinajstić information content (AvgIpc) is 2.23. The van der Waals surface area contributed by atoms with E-state index in [1.165, 1.54) is 13.0 Å². The number of carbonyl (C=O) groups is 1. The van der Waals surface area contributed by atoms with Crippen molar-refractivity contribution in [3.05, 3.63) is 29.1 Å². The topological polar surface area (TPSA) is 76.2 Å². The summed E-state index contributed by atoms with van der Waals surface area (Å²) in [7, 11) is 0. The second-order valence-electron chi connectivity index (χ2n) is 5.48. The predicted octanol–water partition coefficient (Wildman–Crippen LogP) is 3.57. The van der Waals surface area contributed by atoms with Gasteiger partial charge >= 0.3 is 5.97 Å². The van der Waals surface area contributed by atoms with Crippen LogP contribution in [0.2, 0.25) is 0 Å². The Morgan fingerprint density at radius 2 is 2.00 bits per heavy atom. The molecule has 0 bridgehead atoms. The number of rotatable bonds is 3. The quantitative estimate of drug-likeness (QED) is 0.381. The number of ether oxygens (including phenoxy) is 1. The number of benzene rings is 1. The standard InChI is InChI=1S/C14H18BrFN2O2/c1-7(17)11-9(5-8(16)6-10(11)18)12(15)13(19)20-14(2,3)4/h5-6,12,17H,18H2,1-4H3. The summed E-state index contributed by atoms with van der Waals surface area (Å²) in [6.07, 6.45) is 0. The molecule has 20 heavy (non-hydrogen) atoms. The number of nitrogen functional groups attached to an aromatic ring is 1. The first-order valence-electron chi connectivity index (χ1n) is 6.04. The lowest BCUT2D eigenvalue weighted by atomic mass is 9.98. The number of nitrogens with one attached hydrogen (secondary N) is 1. The van der Waals surface area contributed by atoms with E-state index < -0.39 is 22.2 Å². The van der Waals surface area contributed by atoms with E-state index in [9.17, 15) is 9.18 Å². The van der Waals surface area contributed by atoms with Crippen LogP contribution in [0, 0.1) is 11.2 Å². The van der Waals surface area contributed by atoms with E-state index in [2.05, 4.69) is 15.9 Å². The van der Waals surface area contributed by atoms with Crippen LogP contribution in [0.25, 0.3) is 0 Å². The molecule has 1 atom stereocenters. The highest BCUT2D eigenvalue weighted by Gasteiger charge is 2.28. The molecule has 1 unspecified atom stereocenters. The Labute approximate surface area is 126 Å². The Kier molecular flexibility index (Phi) is 4.91. The lowest BCUT2D eigenvalue weighted by Gasteiger charge is -2.23. The van der Waals surface area contributed by atoms with E-state index in [4.69, 9.17) is 15.9 Å². The minimum absolute atomic E-state index is 0.125. The zero-order valence-electron chi connectivity index (χ0n) is 11.9. The van der Waals surface area contributed by atoms with Gasteiger partial charge in [-0.15, -0.1) is 0 Å². The number of halogens is 2. The van der Waals surface area contributed by atoms with E-state index in [-0.39, 0.29) is 11.4 Å². The molecule has 0 aliphatic rings. The van der Waals surface area contributed by atoms with Crippen molar-refractivity contribution in [3.63, 3.8) is 0 Å². The maximum atomic E-state index is 13.5. The molecule has 0 saturated carbocycles. The second kappa shape index (κ2) is 5.91. The van der Waals surface area contributed by atoms with Crippen LogP contribution in [-0.2, 0) is 9.53 Å². The molecule has 0 radical (unpaired) electrons. The third kappa shape index (κ3) is 4.03. The molecular formula is C14H18BrFN2O2. The number of esters is 1.